The quantitative estimate of drug-likeness (QED) is 0.802. The standard InChI is InChI=1S/C13H25NO2/c1-4-12-11(13(15)16)7-5-6-8-14(12)9-10(2)3/h10-12H,4-9H2,1-3H3,(H,15,16)/t11-,12+/m0/s1. The van der Waals surface area contributed by atoms with Gasteiger partial charge in [-0.3, -0.25) is 9.69 Å². The topological polar surface area (TPSA) is 40.5 Å². The lowest BCUT2D eigenvalue weighted by molar-refractivity contribution is -0.144. The van der Waals surface area contributed by atoms with Gasteiger partial charge in [0, 0.05) is 12.6 Å². The van der Waals surface area contributed by atoms with E-state index in [4.69, 9.17) is 0 Å². The number of carbonyl (C=O) groups is 1. The van der Waals surface area contributed by atoms with Crippen LogP contribution in [0, 0.1) is 11.8 Å². The van der Waals surface area contributed by atoms with Gasteiger partial charge in [0.15, 0.2) is 0 Å². The van der Waals surface area contributed by atoms with E-state index >= 15 is 0 Å². The molecular weight excluding hydrogens is 202 g/mol. The molecule has 0 bridgehead atoms. The third-order valence-corrected chi connectivity index (χ3v) is 3.48. The predicted octanol–water partition coefficient (Wildman–Crippen LogP) is 2.61. The molecule has 3 nitrogen and oxygen atoms in total. The smallest absolute Gasteiger partial charge is 0.308 e. The van der Waals surface area contributed by atoms with Gasteiger partial charge in [-0.05, 0) is 31.7 Å². The van der Waals surface area contributed by atoms with Crippen LogP contribution in [0.2, 0.25) is 0 Å². The van der Waals surface area contributed by atoms with Gasteiger partial charge in [-0.1, -0.05) is 27.2 Å². The highest BCUT2D eigenvalue weighted by atomic mass is 16.4. The summed E-state index contributed by atoms with van der Waals surface area (Å²) in [5.74, 6) is -0.157. The maximum atomic E-state index is 11.3. The number of likely N-dealkylation sites (tertiary alicyclic amines) is 1. The first-order valence-corrected chi connectivity index (χ1v) is 6.53. The maximum Gasteiger partial charge on any atom is 0.308 e. The Morgan fingerprint density at radius 3 is 2.62 bits per heavy atom. The van der Waals surface area contributed by atoms with Crippen LogP contribution in [-0.2, 0) is 4.79 Å². The molecule has 1 rings (SSSR count). The minimum absolute atomic E-state index is 0.161. The predicted molar refractivity (Wildman–Crippen MR) is 65.5 cm³/mol. The van der Waals surface area contributed by atoms with Crippen molar-refractivity contribution in [3.8, 4) is 0 Å². The molecule has 0 saturated carbocycles. The number of hydrogen-bond acceptors (Lipinski definition) is 2. The van der Waals surface area contributed by atoms with E-state index in [1.807, 2.05) is 0 Å². The first kappa shape index (κ1) is 13.5. The van der Waals surface area contributed by atoms with E-state index in [1.54, 1.807) is 0 Å². The Morgan fingerprint density at radius 2 is 2.12 bits per heavy atom. The first-order valence-electron chi connectivity index (χ1n) is 6.53. The molecule has 2 atom stereocenters. The lowest BCUT2D eigenvalue weighted by Crippen LogP contribution is -2.43. The minimum Gasteiger partial charge on any atom is -0.481 e. The molecule has 0 aromatic carbocycles. The van der Waals surface area contributed by atoms with E-state index in [1.165, 1.54) is 0 Å². The fraction of sp³-hybridized carbons (Fsp3) is 0.923. The zero-order valence-electron chi connectivity index (χ0n) is 10.8. The molecule has 0 aromatic heterocycles. The van der Waals surface area contributed by atoms with Gasteiger partial charge >= 0.3 is 5.97 Å². The summed E-state index contributed by atoms with van der Waals surface area (Å²) in [6.07, 6.45) is 4.00. The van der Waals surface area contributed by atoms with Crippen LogP contribution in [0.1, 0.15) is 46.5 Å². The summed E-state index contributed by atoms with van der Waals surface area (Å²) in [5, 5.41) is 9.29. The Hall–Kier alpha value is -0.570. The lowest BCUT2D eigenvalue weighted by atomic mass is 9.92. The van der Waals surface area contributed by atoms with Crippen molar-refractivity contribution in [1.29, 1.82) is 0 Å². The summed E-state index contributed by atoms with van der Waals surface area (Å²) < 4.78 is 0. The summed E-state index contributed by atoms with van der Waals surface area (Å²) in [6.45, 7) is 8.61. The van der Waals surface area contributed by atoms with Crippen LogP contribution >= 0.6 is 0 Å². The molecule has 0 radical (unpaired) electrons. The van der Waals surface area contributed by atoms with Crippen molar-refractivity contribution in [3.05, 3.63) is 0 Å². The summed E-state index contributed by atoms with van der Waals surface area (Å²) in [7, 11) is 0. The van der Waals surface area contributed by atoms with Crippen LogP contribution in [0.25, 0.3) is 0 Å². The number of hydrogen-bond donors (Lipinski definition) is 1. The van der Waals surface area contributed by atoms with Crippen molar-refractivity contribution in [3.63, 3.8) is 0 Å². The van der Waals surface area contributed by atoms with Crippen LogP contribution in [0.15, 0.2) is 0 Å². The largest absolute Gasteiger partial charge is 0.481 e. The molecule has 94 valence electrons. The molecule has 0 unspecified atom stereocenters. The van der Waals surface area contributed by atoms with Gasteiger partial charge in [-0.25, -0.2) is 0 Å². The van der Waals surface area contributed by atoms with Gasteiger partial charge in [-0.2, -0.15) is 0 Å². The van der Waals surface area contributed by atoms with E-state index in [2.05, 4.69) is 25.7 Å². The summed E-state index contributed by atoms with van der Waals surface area (Å²) in [5.41, 5.74) is 0. The molecule has 3 heteroatoms. The zero-order valence-corrected chi connectivity index (χ0v) is 10.8. The van der Waals surface area contributed by atoms with E-state index in [0.29, 0.717) is 5.92 Å². The first-order chi connectivity index (χ1) is 7.56. The van der Waals surface area contributed by atoms with Crippen molar-refractivity contribution in [2.45, 2.75) is 52.5 Å². The Labute approximate surface area is 98.8 Å². The highest BCUT2D eigenvalue weighted by Crippen LogP contribution is 2.26. The number of carboxylic acid groups (broad SMARTS) is 1. The highest BCUT2D eigenvalue weighted by Gasteiger charge is 2.33. The van der Waals surface area contributed by atoms with Crippen LogP contribution in [0.4, 0.5) is 0 Å². The fourth-order valence-electron chi connectivity index (χ4n) is 2.82. The molecule has 1 aliphatic rings. The number of aliphatic carboxylic acids is 1. The molecule has 0 aliphatic carbocycles. The SMILES string of the molecule is CC[C@@H]1[C@@H](C(=O)O)CCCCN1CC(C)C. The molecular formula is C13H25NO2. The number of carboxylic acids is 1. The van der Waals surface area contributed by atoms with Gasteiger partial charge in [0.1, 0.15) is 0 Å². The van der Waals surface area contributed by atoms with Crippen molar-refractivity contribution >= 4 is 5.97 Å². The number of rotatable bonds is 4. The molecule has 1 saturated heterocycles. The minimum atomic E-state index is -0.609. The second kappa shape index (κ2) is 6.24. The molecule has 1 N–H and O–H groups in total. The Kier molecular flexibility index (Phi) is 5.26. The van der Waals surface area contributed by atoms with Gasteiger partial charge < -0.3 is 5.11 Å². The van der Waals surface area contributed by atoms with Crippen LogP contribution in [0.5, 0.6) is 0 Å². The lowest BCUT2D eigenvalue weighted by Gasteiger charge is -2.33. The van der Waals surface area contributed by atoms with Crippen molar-refractivity contribution in [2.75, 3.05) is 13.1 Å². The van der Waals surface area contributed by atoms with Gasteiger partial charge in [-0.15, -0.1) is 0 Å². The van der Waals surface area contributed by atoms with Crippen LogP contribution in [0.3, 0.4) is 0 Å². The second-order valence-corrected chi connectivity index (χ2v) is 5.30. The normalized spacial score (nSPS) is 28.0. The van der Waals surface area contributed by atoms with Crippen LogP contribution in [-0.4, -0.2) is 35.1 Å². The molecule has 0 spiro atoms. The molecule has 16 heavy (non-hydrogen) atoms. The Balaban J connectivity index is 2.75. The molecule has 1 fully saturated rings. The van der Waals surface area contributed by atoms with E-state index in [9.17, 15) is 9.90 Å². The average Bonchev–Trinajstić information content (AvgIpc) is 2.39. The molecule has 0 amide bonds. The van der Waals surface area contributed by atoms with Gasteiger partial charge in [0.2, 0.25) is 0 Å². The third kappa shape index (κ3) is 3.48. The van der Waals surface area contributed by atoms with E-state index in [-0.39, 0.29) is 12.0 Å². The number of nitrogens with zero attached hydrogens (tertiary/aromatic N) is 1. The second-order valence-electron chi connectivity index (χ2n) is 5.30. The van der Waals surface area contributed by atoms with E-state index < -0.39 is 5.97 Å². The average molecular weight is 227 g/mol. The summed E-state index contributed by atoms with van der Waals surface area (Å²) in [4.78, 5) is 13.7. The monoisotopic (exact) mass is 227 g/mol. The maximum absolute atomic E-state index is 11.3. The molecule has 1 aliphatic heterocycles. The summed E-state index contributed by atoms with van der Waals surface area (Å²) in [6, 6.07) is 0.238. The Morgan fingerprint density at radius 1 is 1.44 bits per heavy atom. The van der Waals surface area contributed by atoms with Crippen molar-refractivity contribution in [1.82, 2.24) is 4.90 Å². The van der Waals surface area contributed by atoms with E-state index in [0.717, 1.165) is 38.8 Å². The Bertz CT molecular complexity index is 228. The van der Waals surface area contributed by atoms with Crippen molar-refractivity contribution in [2.24, 2.45) is 11.8 Å². The van der Waals surface area contributed by atoms with Crippen molar-refractivity contribution < 1.29 is 9.90 Å². The highest BCUT2D eigenvalue weighted by molar-refractivity contribution is 5.70. The summed E-state index contributed by atoms with van der Waals surface area (Å²) >= 11 is 0. The van der Waals surface area contributed by atoms with Gasteiger partial charge in [0.25, 0.3) is 0 Å². The van der Waals surface area contributed by atoms with Crippen LogP contribution < -0.4 is 0 Å². The van der Waals surface area contributed by atoms with Gasteiger partial charge in [0.05, 0.1) is 5.92 Å². The fourth-order valence-corrected chi connectivity index (χ4v) is 2.82. The zero-order chi connectivity index (χ0) is 12.1. The molecule has 0 aromatic rings. The third-order valence-electron chi connectivity index (χ3n) is 3.48. The molecule has 1 heterocycles.